The molecule has 100 valence electrons. The van der Waals surface area contributed by atoms with E-state index in [-0.39, 0.29) is 28.0 Å². The highest BCUT2D eigenvalue weighted by Crippen LogP contribution is 2.39. The lowest BCUT2D eigenvalue weighted by Crippen LogP contribution is -2.49. The fourth-order valence-corrected chi connectivity index (χ4v) is 1.98. The van der Waals surface area contributed by atoms with Crippen LogP contribution in [0.1, 0.15) is 11.6 Å². The van der Waals surface area contributed by atoms with Crippen molar-refractivity contribution in [2.75, 3.05) is 6.61 Å². The molecule has 0 bridgehead atoms. The first-order chi connectivity index (χ1) is 7.92. The zero-order chi connectivity index (χ0) is 12.6. The Morgan fingerprint density at radius 3 is 2.72 bits per heavy atom. The molecule has 0 radical (unpaired) electrons. The predicted octanol–water partition coefficient (Wildman–Crippen LogP) is 3.83. The van der Waals surface area contributed by atoms with Crippen LogP contribution in [0.2, 0.25) is 10.0 Å². The highest BCUT2D eigenvalue weighted by atomic mass is 35.5. The van der Waals surface area contributed by atoms with Gasteiger partial charge in [-0.25, -0.2) is 13.6 Å². The van der Waals surface area contributed by atoms with E-state index in [0.29, 0.717) is 0 Å². The molecule has 2 rings (SSSR count). The van der Waals surface area contributed by atoms with Crippen molar-refractivity contribution in [3.63, 3.8) is 0 Å². The first kappa shape index (κ1) is 15.3. The predicted molar refractivity (Wildman–Crippen MR) is 65.9 cm³/mol. The number of cyclic esters (lactones) is 1. The van der Waals surface area contributed by atoms with Gasteiger partial charge < -0.3 is 10.1 Å². The number of halogens is 5. The van der Waals surface area contributed by atoms with Crippen LogP contribution < -0.4 is 5.32 Å². The third kappa shape index (κ3) is 2.79. The van der Waals surface area contributed by atoms with Crippen molar-refractivity contribution in [3.8, 4) is 0 Å². The highest BCUT2D eigenvalue weighted by Gasteiger charge is 2.47. The molecule has 1 aliphatic heterocycles. The van der Waals surface area contributed by atoms with Gasteiger partial charge in [-0.3, -0.25) is 0 Å². The number of hydrogen-bond acceptors (Lipinski definition) is 2. The van der Waals surface area contributed by atoms with Crippen LogP contribution in [0, 0.1) is 0 Å². The van der Waals surface area contributed by atoms with Gasteiger partial charge in [0, 0.05) is 5.56 Å². The molecular formula is C10H8Cl3F2NO2. The number of amides is 1. The second-order valence-corrected chi connectivity index (χ2v) is 4.34. The number of hydrogen-bond donors (Lipinski definition) is 1. The summed E-state index contributed by atoms with van der Waals surface area (Å²) in [6, 6.07) is 2.82. The van der Waals surface area contributed by atoms with Crippen LogP contribution >= 0.6 is 35.6 Å². The minimum atomic E-state index is -3.23. The number of alkyl halides is 2. The lowest BCUT2D eigenvalue weighted by Gasteiger charge is -2.32. The van der Waals surface area contributed by atoms with Crippen LogP contribution in [0.25, 0.3) is 0 Å². The van der Waals surface area contributed by atoms with E-state index in [9.17, 15) is 13.6 Å². The van der Waals surface area contributed by atoms with Gasteiger partial charge >= 0.3 is 12.0 Å². The van der Waals surface area contributed by atoms with Gasteiger partial charge in [0.1, 0.15) is 6.04 Å². The van der Waals surface area contributed by atoms with E-state index in [0.717, 1.165) is 0 Å². The highest BCUT2D eigenvalue weighted by molar-refractivity contribution is 6.42. The van der Waals surface area contributed by atoms with Gasteiger partial charge in [-0.1, -0.05) is 35.3 Å². The Morgan fingerprint density at radius 2 is 2.06 bits per heavy atom. The van der Waals surface area contributed by atoms with E-state index in [1.54, 1.807) is 0 Å². The van der Waals surface area contributed by atoms with Gasteiger partial charge in [0.25, 0.3) is 0 Å². The largest absolute Gasteiger partial charge is 0.443 e. The maximum absolute atomic E-state index is 13.6. The summed E-state index contributed by atoms with van der Waals surface area (Å²) in [5, 5.41) is 2.19. The molecule has 0 unspecified atom stereocenters. The molecule has 1 fully saturated rings. The standard InChI is InChI=1S/C10H7Cl2F2NO2.ClH/c11-6-3-1-2-5(7(6)12)8-10(13,14)4-17-9(16)15-8;/h1-3,8H,4H2,(H,15,16);1H/t8-;/m0./s1. The molecule has 8 heteroatoms. The van der Waals surface area contributed by atoms with E-state index in [1.165, 1.54) is 18.2 Å². The summed E-state index contributed by atoms with van der Waals surface area (Å²) in [6.07, 6.45) is -0.906. The van der Waals surface area contributed by atoms with E-state index >= 15 is 0 Å². The van der Waals surface area contributed by atoms with Crippen molar-refractivity contribution in [3.05, 3.63) is 33.8 Å². The van der Waals surface area contributed by atoms with Crippen molar-refractivity contribution in [1.29, 1.82) is 0 Å². The molecule has 0 aromatic heterocycles. The quantitative estimate of drug-likeness (QED) is 0.854. The van der Waals surface area contributed by atoms with Gasteiger partial charge in [0.05, 0.1) is 10.0 Å². The van der Waals surface area contributed by atoms with E-state index in [2.05, 4.69) is 4.74 Å². The Morgan fingerprint density at radius 1 is 1.39 bits per heavy atom. The molecule has 18 heavy (non-hydrogen) atoms. The zero-order valence-electron chi connectivity index (χ0n) is 8.75. The molecule has 1 aromatic rings. The lowest BCUT2D eigenvalue weighted by atomic mass is 10.00. The maximum Gasteiger partial charge on any atom is 0.408 e. The molecule has 0 spiro atoms. The van der Waals surface area contributed by atoms with Gasteiger partial charge in [-0.15, -0.1) is 12.4 Å². The topological polar surface area (TPSA) is 38.3 Å². The van der Waals surface area contributed by atoms with Crippen LogP contribution in [0.15, 0.2) is 18.2 Å². The van der Waals surface area contributed by atoms with E-state index in [4.69, 9.17) is 23.2 Å². The number of alkyl carbamates (subject to hydrolysis) is 1. The second kappa shape index (κ2) is 5.47. The number of rotatable bonds is 1. The third-order valence-electron chi connectivity index (χ3n) is 2.37. The number of ether oxygens (including phenoxy) is 1. The summed E-state index contributed by atoms with van der Waals surface area (Å²) in [4.78, 5) is 11.0. The van der Waals surface area contributed by atoms with Crippen LogP contribution in [-0.4, -0.2) is 18.6 Å². The summed E-state index contributed by atoms with van der Waals surface area (Å²) in [6.45, 7) is -0.980. The normalized spacial score (nSPS) is 21.6. The molecule has 1 aromatic carbocycles. The molecule has 1 aliphatic rings. The second-order valence-electron chi connectivity index (χ2n) is 3.56. The molecule has 1 N–H and O–H groups in total. The molecule has 3 nitrogen and oxygen atoms in total. The zero-order valence-corrected chi connectivity index (χ0v) is 11.1. The molecule has 1 saturated heterocycles. The Bertz CT molecular complexity index is 470. The molecule has 1 atom stereocenters. The first-order valence-electron chi connectivity index (χ1n) is 4.67. The summed E-state index contributed by atoms with van der Waals surface area (Å²) < 4.78 is 31.4. The van der Waals surface area contributed by atoms with E-state index < -0.39 is 24.7 Å². The smallest absolute Gasteiger partial charge is 0.408 e. The molecule has 0 aliphatic carbocycles. The number of carbonyl (C=O) groups excluding carboxylic acids is 1. The minimum absolute atomic E-state index is 0. The van der Waals surface area contributed by atoms with Crippen molar-refractivity contribution in [2.24, 2.45) is 0 Å². The van der Waals surface area contributed by atoms with Crippen LogP contribution in [0.4, 0.5) is 13.6 Å². The monoisotopic (exact) mass is 317 g/mol. The van der Waals surface area contributed by atoms with Crippen molar-refractivity contribution < 1.29 is 18.3 Å². The molecule has 0 saturated carbocycles. The van der Waals surface area contributed by atoms with Crippen LogP contribution in [0.5, 0.6) is 0 Å². The minimum Gasteiger partial charge on any atom is -0.443 e. The van der Waals surface area contributed by atoms with Crippen molar-refractivity contribution in [1.82, 2.24) is 5.32 Å². The van der Waals surface area contributed by atoms with Gasteiger partial charge in [-0.2, -0.15) is 0 Å². The fourth-order valence-electron chi connectivity index (χ4n) is 1.56. The SMILES string of the molecule is Cl.O=C1N[C@@H](c2cccc(Cl)c2Cl)C(F)(F)CO1. The maximum atomic E-state index is 13.6. The van der Waals surface area contributed by atoms with Crippen molar-refractivity contribution in [2.45, 2.75) is 12.0 Å². The summed E-state index contributed by atoms with van der Waals surface area (Å²) >= 11 is 11.6. The average Bonchev–Trinajstić information content (AvgIpc) is 2.26. The van der Waals surface area contributed by atoms with Crippen LogP contribution in [-0.2, 0) is 4.74 Å². The number of carbonyl (C=O) groups is 1. The molecular weight excluding hydrogens is 310 g/mol. The summed E-state index contributed by atoms with van der Waals surface area (Å²) in [5.41, 5.74) is 0.0702. The Kier molecular flexibility index (Phi) is 4.64. The molecule has 1 amide bonds. The summed E-state index contributed by atoms with van der Waals surface area (Å²) in [5.74, 6) is -3.23. The third-order valence-corrected chi connectivity index (χ3v) is 3.21. The van der Waals surface area contributed by atoms with Crippen LogP contribution in [0.3, 0.4) is 0 Å². The summed E-state index contributed by atoms with van der Waals surface area (Å²) in [7, 11) is 0. The van der Waals surface area contributed by atoms with Crippen molar-refractivity contribution >= 4 is 41.7 Å². The average molecular weight is 319 g/mol. The Balaban J connectivity index is 0.00000162. The number of nitrogens with one attached hydrogen (secondary N) is 1. The van der Waals surface area contributed by atoms with Gasteiger partial charge in [0.15, 0.2) is 6.61 Å². The van der Waals surface area contributed by atoms with Gasteiger partial charge in [-0.05, 0) is 6.07 Å². The molecule has 1 heterocycles. The van der Waals surface area contributed by atoms with E-state index in [1.807, 2.05) is 5.32 Å². The first-order valence-corrected chi connectivity index (χ1v) is 5.42. The lowest BCUT2D eigenvalue weighted by molar-refractivity contribution is -0.104. The number of benzene rings is 1. The Labute approximate surface area is 118 Å². The fraction of sp³-hybridized carbons (Fsp3) is 0.300. The van der Waals surface area contributed by atoms with Gasteiger partial charge in [0.2, 0.25) is 0 Å². The Hall–Kier alpha value is -0.780.